The van der Waals surface area contributed by atoms with E-state index in [-0.39, 0.29) is 29.1 Å². The van der Waals surface area contributed by atoms with Crippen LogP contribution in [0.5, 0.6) is 0 Å². The third-order valence-corrected chi connectivity index (χ3v) is 5.62. The van der Waals surface area contributed by atoms with Crippen molar-refractivity contribution >= 4 is 39.8 Å². The number of carbonyl (C=O) groups excluding carboxylic acids is 1. The standard InChI is InChI=1S/C21H24N6O5/c1-24-10-12-25(13-11-24)17-14-16(19-20(23-32-22-19)21(17)27(29)30)26(9-8-18(28)31-2)15-6-4-3-5-7-15/h3-7,14H,8-13H2,1-2H3. The van der Waals surface area contributed by atoms with Crippen LogP contribution < -0.4 is 9.80 Å². The van der Waals surface area contributed by atoms with Crippen LogP contribution in [0, 0.1) is 10.1 Å². The predicted octanol–water partition coefficient (Wildman–Crippen LogP) is 2.58. The molecule has 4 rings (SSSR count). The van der Waals surface area contributed by atoms with Gasteiger partial charge in [-0.1, -0.05) is 18.2 Å². The van der Waals surface area contributed by atoms with Crippen molar-refractivity contribution in [2.45, 2.75) is 6.42 Å². The molecule has 1 aliphatic heterocycles. The number of methoxy groups -OCH3 is 1. The average Bonchev–Trinajstić information content (AvgIpc) is 3.29. The van der Waals surface area contributed by atoms with Crippen molar-refractivity contribution in [2.75, 3.05) is 56.7 Å². The molecule has 2 heterocycles. The second-order valence-corrected chi connectivity index (χ2v) is 7.59. The number of nitrogens with zero attached hydrogens (tertiary/aromatic N) is 6. The monoisotopic (exact) mass is 440 g/mol. The first-order valence-electron chi connectivity index (χ1n) is 10.3. The fraction of sp³-hybridized carbons (Fsp3) is 0.381. The minimum absolute atomic E-state index is 0.0837. The van der Waals surface area contributed by atoms with E-state index in [2.05, 4.69) is 15.2 Å². The molecule has 2 aromatic carbocycles. The highest BCUT2D eigenvalue weighted by molar-refractivity contribution is 6.01. The number of fused-ring (bicyclic) bond motifs is 1. The number of carbonyl (C=O) groups is 1. The summed E-state index contributed by atoms with van der Waals surface area (Å²) >= 11 is 0. The maximum Gasteiger partial charge on any atom is 0.323 e. The number of hydrogen-bond donors (Lipinski definition) is 0. The molecule has 0 bridgehead atoms. The topological polar surface area (TPSA) is 118 Å². The van der Waals surface area contributed by atoms with E-state index in [4.69, 9.17) is 9.37 Å². The molecule has 0 saturated carbocycles. The Hall–Kier alpha value is -3.73. The van der Waals surface area contributed by atoms with Crippen LogP contribution >= 0.6 is 0 Å². The number of rotatable bonds is 7. The molecule has 0 N–H and O–H groups in total. The van der Waals surface area contributed by atoms with Gasteiger partial charge in [-0.05, 0) is 35.6 Å². The second-order valence-electron chi connectivity index (χ2n) is 7.59. The molecule has 3 aromatic rings. The van der Waals surface area contributed by atoms with Crippen molar-refractivity contribution in [3.63, 3.8) is 0 Å². The summed E-state index contributed by atoms with van der Waals surface area (Å²) in [6.45, 7) is 3.14. The van der Waals surface area contributed by atoms with Gasteiger partial charge in [0.25, 0.3) is 0 Å². The summed E-state index contributed by atoms with van der Waals surface area (Å²) in [5.41, 5.74) is 2.06. The number of benzene rings is 2. The van der Waals surface area contributed by atoms with Gasteiger partial charge in [0, 0.05) is 38.4 Å². The van der Waals surface area contributed by atoms with E-state index in [1.54, 1.807) is 6.07 Å². The number of para-hydroxylation sites is 1. The van der Waals surface area contributed by atoms with E-state index in [1.807, 2.05) is 47.2 Å². The Morgan fingerprint density at radius 1 is 1.19 bits per heavy atom. The summed E-state index contributed by atoms with van der Waals surface area (Å²) < 4.78 is 9.75. The van der Waals surface area contributed by atoms with Crippen LogP contribution in [0.1, 0.15) is 6.42 Å². The van der Waals surface area contributed by atoms with Crippen LogP contribution in [-0.2, 0) is 9.53 Å². The maximum absolute atomic E-state index is 12.0. The number of aromatic nitrogens is 2. The molecule has 1 fully saturated rings. The first kappa shape index (κ1) is 21.5. The van der Waals surface area contributed by atoms with Gasteiger partial charge in [0.1, 0.15) is 5.69 Å². The number of nitro benzene ring substituents is 1. The minimum atomic E-state index is -0.439. The Kier molecular flexibility index (Phi) is 6.17. The number of esters is 1. The Bertz CT molecular complexity index is 1110. The predicted molar refractivity (Wildman–Crippen MR) is 118 cm³/mol. The average molecular weight is 440 g/mol. The second kappa shape index (κ2) is 9.18. The lowest BCUT2D eigenvalue weighted by molar-refractivity contribution is -0.382. The van der Waals surface area contributed by atoms with Crippen molar-refractivity contribution in [3.05, 3.63) is 46.5 Å². The molecular formula is C21H24N6O5. The fourth-order valence-corrected chi connectivity index (χ4v) is 3.88. The van der Waals surface area contributed by atoms with Crippen LogP contribution in [0.15, 0.2) is 41.0 Å². The molecule has 168 valence electrons. The molecular weight excluding hydrogens is 416 g/mol. The first-order chi connectivity index (χ1) is 15.5. The van der Waals surface area contributed by atoms with E-state index in [0.717, 1.165) is 18.8 Å². The molecule has 1 aromatic heterocycles. The molecule has 1 saturated heterocycles. The SMILES string of the molecule is COC(=O)CCN(c1ccccc1)c1cc(N2CCN(C)CC2)c([N+](=O)[O-])c2nonc12. The van der Waals surface area contributed by atoms with Crippen molar-refractivity contribution in [1.82, 2.24) is 15.2 Å². The molecule has 0 radical (unpaired) electrons. The van der Waals surface area contributed by atoms with E-state index >= 15 is 0 Å². The summed E-state index contributed by atoms with van der Waals surface area (Å²) in [5.74, 6) is -0.360. The number of likely N-dealkylation sites (N-methyl/N-ethyl adjacent to an activating group) is 1. The zero-order valence-corrected chi connectivity index (χ0v) is 17.9. The third-order valence-electron chi connectivity index (χ3n) is 5.62. The van der Waals surface area contributed by atoms with Crippen LogP contribution in [0.3, 0.4) is 0 Å². The molecule has 32 heavy (non-hydrogen) atoms. The molecule has 0 spiro atoms. The highest BCUT2D eigenvalue weighted by atomic mass is 16.6. The van der Waals surface area contributed by atoms with Crippen LogP contribution in [-0.4, -0.2) is 73.0 Å². The number of ether oxygens (including phenoxy) is 1. The number of nitro groups is 1. The summed E-state index contributed by atoms with van der Waals surface area (Å²) in [5, 5.41) is 19.9. The highest BCUT2D eigenvalue weighted by Gasteiger charge is 2.32. The van der Waals surface area contributed by atoms with E-state index < -0.39 is 4.92 Å². The number of piperazine rings is 1. The first-order valence-corrected chi connectivity index (χ1v) is 10.3. The molecule has 0 aliphatic carbocycles. The molecule has 0 unspecified atom stereocenters. The normalized spacial score (nSPS) is 14.5. The zero-order chi connectivity index (χ0) is 22.7. The van der Waals surface area contributed by atoms with Crippen LogP contribution in [0.25, 0.3) is 11.0 Å². The smallest absolute Gasteiger partial charge is 0.323 e. The largest absolute Gasteiger partial charge is 0.469 e. The third kappa shape index (κ3) is 4.19. The van der Waals surface area contributed by atoms with E-state index in [0.29, 0.717) is 31.0 Å². The number of hydrogen-bond acceptors (Lipinski definition) is 10. The van der Waals surface area contributed by atoms with Crippen molar-refractivity contribution < 1.29 is 19.1 Å². The summed E-state index contributed by atoms with van der Waals surface area (Å²) in [7, 11) is 3.36. The van der Waals surface area contributed by atoms with Gasteiger partial charge in [-0.2, -0.15) is 0 Å². The van der Waals surface area contributed by atoms with Crippen LogP contribution in [0.4, 0.5) is 22.7 Å². The van der Waals surface area contributed by atoms with Crippen LogP contribution in [0.2, 0.25) is 0 Å². The van der Waals surface area contributed by atoms with Gasteiger partial charge in [0.15, 0.2) is 5.52 Å². The lowest BCUT2D eigenvalue weighted by atomic mass is 10.1. The zero-order valence-electron chi connectivity index (χ0n) is 17.9. The van der Waals surface area contributed by atoms with Crippen molar-refractivity contribution in [3.8, 4) is 0 Å². The Morgan fingerprint density at radius 2 is 1.88 bits per heavy atom. The number of anilines is 3. The molecule has 11 heteroatoms. The van der Waals surface area contributed by atoms with Gasteiger partial charge in [0.05, 0.1) is 24.1 Å². The quantitative estimate of drug-likeness (QED) is 0.308. The van der Waals surface area contributed by atoms with E-state index in [1.165, 1.54) is 7.11 Å². The van der Waals surface area contributed by atoms with Crippen molar-refractivity contribution in [1.29, 1.82) is 0 Å². The molecule has 0 atom stereocenters. The molecule has 0 amide bonds. The van der Waals surface area contributed by atoms with Gasteiger partial charge < -0.3 is 19.4 Å². The van der Waals surface area contributed by atoms with Crippen molar-refractivity contribution in [2.24, 2.45) is 0 Å². The highest BCUT2D eigenvalue weighted by Crippen LogP contribution is 2.42. The van der Waals surface area contributed by atoms with Gasteiger partial charge >= 0.3 is 11.7 Å². The summed E-state index contributed by atoms with van der Waals surface area (Å²) in [6.07, 6.45) is 0.124. The lowest BCUT2D eigenvalue weighted by Gasteiger charge is -2.34. The Morgan fingerprint density at radius 3 is 2.53 bits per heavy atom. The maximum atomic E-state index is 12.0. The summed E-state index contributed by atoms with van der Waals surface area (Å²) in [4.78, 5) is 29.5. The van der Waals surface area contributed by atoms with Gasteiger partial charge in [-0.15, -0.1) is 0 Å². The Labute approximate surface area is 184 Å². The molecule has 1 aliphatic rings. The Balaban J connectivity index is 1.87. The lowest BCUT2D eigenvalue weighted by Crippen LogP contribution is -2.44. The van der Waals surface area contributed by atoms with Gasteiger partial charge in [-0.25, -0.2) is 4.63 Å². The minimum Gasteiger partial charge on any atom is -0.469 e. The fourth-order valence-electron chi connectivity index (χ4n) is 3.88. The van der Waals surface area contributed by atoms with Gasteiger partial charge in [-0.3, -0.25) is 14.9 Å². The molecule has 11 nitrogen and oxygen atoms in total. The van der Waals surface area contributed by atoms with Gasteiger partial charge in [0.2, 0.25) is 5.52 Å². The van der Waals surface area contributed by atoms with E-state index in [9.17, 15) is 14.9 Å². The summed E-state index contributed by atoms with van der Waals surface area (Å²) in [6, 6.07) is 11.2.